The normalized spacial score (nSPS) is 10.9. The number of rotatable bonds is 15. The van der Waals surface area contributed by atoms with Crippen LogP contribution in [0.2, 0.25) is 0 Å². The Morgan fingerprint density at radius 2 is 1.15 bits per heavy atom. The molecule has 0 bridgehead atoms. The van der Waals surface area contributed by atoms with Crippen molar-refractivity contribution in [3.05, 3.63) is 120 Å². The van der Waals surface area contributed by atoms with Gasteiger partial charge in [0.15, 0.2) is 6.29 Å². The number of hydrogen-bond donors (Lipinski definition) is 0. The van der Waals surface area contributed by atoms with Crippen LogP contribution in [-0.4, -0.2) is 19.2 Å². The second-order valence-corrected chi connectivity index (χ2v) is 9.42. The summed E-state index contributed by atoms with van der Waals surface area (Å²) in [6, 6.07) is 34.8. The number of anilines is 3. The van der Waals surface area contributed by atoms with Gasteiger partial charge in [-0.1, -0.05) is 86.0 Å². The van der Waals surface area contributed by atoms with Gasteiger partial charge in [-0.15, -0.1) is 0 Å². The van der Waals surface area contributed by atoms with Crippen LogP contribution in [0.3, 0.4) is 0 Å². The van der Waals surface area contributed by atoms with Crippen molar-refractivity contribution >= 4 is 41.8 Å². The Morgan fingerprint density at radius 3 is 1.79 bits per heavy atom. The second-order valence-electron chi connectivity index (χ2n) is 9.42. The molecule has 0 saturated heterocycles. The van der Waals surface area contributed by atoms with Gasteiger partial charge >= 0.3 is 0 Å². The fourth-order valence-corrected chi connectivity index (χ4v) is 4.45. The molecule has 0 radical (unpaired) electrons. The molecule has 0 aliphatic rings. The highest BCUT2D eigenvalue weighted by Gasteiger charge is 2.11. The van der Waals surface area contributed by atoms with Gasteiger partial charge in [-0.05, 0) is 72.5 Å². The molecule has 39 heavy (non-hydrogen) atoms. The van der Waals surface area contributed by atoms with Gasteiger partial charge in [0.05, 0.1) is 12.2 Å². The maximum absolute atomic E-state index is 11.5. The van der Waals surface area contributed by atoms with Gasteiger partial charge in [0, 0.05) is 23.5 Å². The lowest BCUT2D eigenvalue weighted by Gasteiger charge is -2.25. The predicted molar refractivity (Wildman–Crippen MR) is 161 cm³/mol. The summed E-state index contributed by atoms with van der Waals surface area (Å²) in [6.45, 7) is 0.572. The molecular formula is C35H35NO3. The number of ether oxygens (including phenoxy) is 1. The first-order chi connectivity index (χ1) is 19.3. The third kappa shape index (κ3) is 8.27. The van der Waals surface area contributed by atoms with Gasteiger partial charge in [-0.25, -0.2) is 0 Å². The molecule has 4 heteroatoms. The summed E-state index contributed by atoms with van der Waals surface area (Å²) in [5.74, 6) is 0.616. The Balaban J connectivity index is 1.41. The Hall–Kier alpha value is -4.44. The molecule has 198 valence electrons. The molecule has 0 spiro atoms. The van der Waals surface area contributed by atoms with Crippen LogP contribution < -0.4 is 9.64 Å². The van der Waals surface area contributed by atoms with E-state index in [0.29, 0.717) is 24.3 Å². The van der Waals surface area contributed by atoms with E-state index in [4.69, 9.17) is 4.74 Å². The zero-order valence-corrected chi connectivity index (χ0v) is 22.2. The molecule has 0 aliphatic heterocycles. The highest BCUT2D eigenvalue weighted by molar-refractivity contribution is 5.82. The van der Waals surface area contributed by atoms with Gasteiger partial charge in [-0.3, -0.25) is 4.79 Å². The SMILES string of the molecule is O=CCCCCCCCOc1cc(/C=C/c2ccc(N(c3ccccc3)c3ccccc3)cc2)ccc1C=O. The van der Waals surface area contributed by atoms with E-state index in [1.54, 1.807) is 0 Å². The van der Waals surface area contributed by atoms with Crippen LogP contribution in [0.5, 0.6) is 5.75 Å². The largest absolute Gasteiger partial charge is 0.493 e. The lowest BCUT2D eigenvalue weighted by molar-refractivity contribution is -0.107. The van der Waals surface area contributed by atoms with Crippen molar-refractivity contribution in [2.75, 3.05) is 11.5 Å². The van der Waals surface area contributed by atoms with Gasteiger partial charge in [-0.2, -0.15) is 0 Å². The minimum atomic E-state index is 0.560. The topological polar surface area (TPSA) is 46.6 Å². The van der Waals surface area contributed by atoms with Crippen LogP contribution in [0.25, 0.3) is 12.2 Å². The highest BCUT2D eigenvalue weighted by atomic mass is 16.5. The standard InChI is InChI=1S/C35H35NO3/c37-25-11-3-1-2-4-12-26-39-35-27-30(19-22-31(35)28-38)18-17-29-20-23-34(24-21-29)36(32-13-7-5-8-14-32)33-15-9-6-10-16-33/h5-10,13-25,27-28H,1-4,11-12,26H2/b18-17+. The number of hydrogen-bond acceptors (Lipinski definition) is 4. The Labute approximate surface area is 231 Å². The van der Waals surface area contributed by atoms with Crippen LogP contribution in [0.4, 0.5) is 17.1 Å². The molecule has 4 nitrogen and oxygen atoms in total. The number of aldehydes is 2. The lowest BCUT2D eigenvalue weighted by Crippen LogP contribution is -2.09. The minimum absolute atomic E-state index is 0.560. The van der Waals surface area contributed by atoms with Crippen molar-refractivity contribution in [3.63, 3.8) is 0 Å². The zero-order valence-electron chi connectivity index (χ0n) is 22.2. The van der Waals surface area contributed by atoms with Crippen molar-refractivity contribution in [3.8, 4) is 5.75 Å². The third-order valence-corrected chi connectivity index (χ3v) is 6.54. The maximum atomic E-state index is 11.5. The summed E-state index contributed by atoms with van der Waals surface area (Å²) in [4.78, 5) is 24.1. The molecule has 4 aromatic rings. The first-order valence-corrected chi connectivity index (χ1v) is 13.6. The number of benzene rings is 4. The number of para-hydroxylation sites is 2. The second kappa shape index (κ2) is 15.1. The van der Waals surface area contributed by atoms with Crippen molar-refractivity contribution in [2.45, 2.75) is 38.5 Å². The molecule has 0 saturated carbocycles. The van der Waals surface area contributed by atoms with Crippen LogP contribution in [0.1, 0.15) is 60.0 Å². The molecule has 0 atom stereocenters. The number of unbranched alkanes of at least 4 members (excludes halogenated alkanes) is 5. The van der Waals surface area contributed by atoms with E-state index in [2.05, 4.69) is 59.5 Å². The van der Waals surface area contributed by atoms with Gasteiger partial charge in [0.25, 0.3) is 0 Å². The van der Waals surface area contributed by atoms with E-state index in [1.165, 1.54) is 0 Å². The summed E-state index contributed by atoms with van der Waals surface area (Å²) in [7, 11) is 0. The quantitative estimate of drug-likeness (QED) is 0.0896. The van der Waals surface area contributed by atoms with Gasteiger partial charge in [0.2, 0.25) is 0 Å². The van der Waals surface area contributed by atoms with Crippen LogP contribution in [0.15, 0.2) is 103 Å². The Kier molecular flexibility index (Phi) is 10.7. The average molecular weight is 518 g/mol. The van der Waals surface area contributed by atoms with Crippen LogP contribution in [-0.2, 0) is 4.79 Å². The van der Waals surface area contributed by atoms with Crippen molar-refractivity contribution < 1.29 is 14.3 Å². The number of nitrogens with zero attached hydrogens (tertiary/aromatic N) is 1. The molecule has 0 N–H and O–H groups in total. The van der Waals surface area contributed by atoms with Gasteiger partial charge < -0.3 is 14.4 Å². The van der Waals surface area contributed by atoms with E-state index in [-0.39, 0.29) is 0 Å². The van der Waals surface area contributed by atoms with E-state index in [0.717, 1.165) is 72.9 Å². The Bertz CT molecular complexity index is 1290. The molecule has 0 unspecified atom stereocenters. The van der Waals surface area contributed by atoms with E-state index >= 15 is 0 Å². The highest BCUT2D eigenvalue weighted by Crippen LogP contribution is 2.34. The van der Waals surface area contributed by atoms with Crippen molar-refractivity contribution in [2.24, 2.45) is 0 Å². The minimum Gasteiger partial charge on any atom is -0.493 e. The molecule has 0 amide bonds. The molecule has 0 heterocycles. The van der Waals surface area contributed by atoms with Crippen LogP contribution >= 0.6 is 0 Å². The molecule has 0 fully saturated rings. The van der Waals surface area contributed by atoms with Gasteiger partial charge in [0.1, 0.15) is 12.0 Å². The molecule has 0 aromatic heterocycles. The smallest absolute Gasteiger partial charge is 0.153 e. The van der Waals surface area contributed by atoms with E-state index in [1.807, 2.05) is 60.7 Å². The zero-order chi connectivity index (χ0) is 27.1. The maximum Gasteiger partial charge on any atom is 0.153 e. The average Bonchev–Trinajstić information content (AvgIpc) is 2.99. The summed E-state index contributed by atoms with van der Waals surface area (Å²) >= 11 is 0. The third-order valence-electron chi connectivity index (χ3n) is 6.54. The summed E-state index contributed by atoms with van der Waals surface area (Å²) in [5, 5.41) is 0. The molecule has 4 aromatic carbocycles. The lowest BCUT2D eigenvalue weighted by atomic mass is 10.1. The van der Waals surface area contributed by atoms with E-state index in [9.17, 15) is 9.59 Å². The fourth-order valence-electron chi connectivity index (χ4n) is 4.45. The van der Waals surface area contributed by atoms with E-state index < -0.39 is 0 Å². The monoisotopic (exact) mass is 517 g/mol. The first kappa shape index (κ1) is 27.6. The number of carbonyl (C=O) groups excluding carboxylic acids is 2. The van der Waals surface area contributed by atoms with Crippen LogP contribution in [0, 0.1) is 0 Å². The molecule has 4 rings (SSSR count). The summed E-state index contributed by atoms with van der Waals surface area (Å²) < 4.78 is 5.95. The van der Waals surface area contributed by atoms with Crippen molar-refractivity contribution in [1.29, 1.82) is 0 Å². The number of carbonyl (C=O) groups is 2. The molecular weight excluding hydrogens is 482 g/mol. The summed E-state index contributed by atoms with van der Waals surface area (Å²) in [5.41, 5.74) is 5.91. The fraction of sp³-hybridized carbons (Fsp3) is 0.200. The molecule has 0 aliphatic carbocycles. The Morgan fingerprint density at radius 1 is 0.590 bits per heavy atom. The first-order valence-electron chi connectivity index (χ1n) is 13.6. The predicted octanol–water partition coefficient (Wildman–Crippen LogP) is 9.06. The summed E-state index contributed by atoms with van der Waals surface area (Å²) in [6.07, 6.45) is 11.7. The van der Waals surface area contributed by atoms with Crippen molar-refractivity contribution in [1.82, 2.24) is 0 Å².